The second-order valence-electron chi connectivity index (χ2n) is 5.09. The number of aromatic amines is 1. The van der Waals surface area contributed by atoms with Crippen molar-refractivity contribution in [2.75, 3.05) is 0 Å². The fourth-order valence-electron chi connectivity index (χ4n) is 2.50. The summed E-state index contributed by atoms with van der Waals surface area (Å²) in [7, 11) is 0. The molecule has 0 aliphatic heterocycles. The molecule has 0 bridgehead atoms. The summed E-state index contributed by atoms with van der Waals surface area (Å²) >= 11 is 1.48. The number of fused-ring (bicyclic) bond motifs is 1. The van der Waals surface area contributed by atoms with Crippen LogP contribution in [0.4, 0.5) is 0 Å². The molecule has 1 aromatic heterocycles. The first kappa shape index (κ1) is 15.3. The first-order valence-electron chi connectivity index (χ1n) is 7.35. The average molecular weight is 321 g/mol. The Morgan fingerprint density at radius 3 is 2.78 bits per heavy atom. The first-order chi connectivity index (χ1) is 11.2. The van der Waals surface area contributed by atoms with Gasteiger partial charge in [-0.3, -0.25) is 4.79 Å². The molecule has 0 saturated heterocycles. The number of nitrogens with zero attached hydrogens (tertiary/aromatic N) is 2. The largest absolute Gasteiger partial charge is 0.300 e. The number of rotatable bonds is 4. The minimum absolute atomic E-state index is 0.113. The molecule has 0 radical (unpaired) electrons. The van der Waals surface area contributed by atoms with Crippen LogP contribution < -0.4 is 5.56 Å². The number of benzene rings is 2. The van der Waals surface area contributed by atoms with Crippen molar-refractivity contribution in [3.05, 3.63) is 69.6 Å². The summed E-state index contributed by atoms with van der Waals surface area (Å²) in [5.41, 5.74) is 1.50. The van der Waals surface area contributed by atoms with Crippen molar-refractivity contribution in [2.45, 2.75) is 24.3 Å². The highest BCUT2D eigenvalue weighted by atomic mass is 32.2. The maximum absolute atomic E-state index is 11.9. The Morgan fingerprint density at radius 2 is 2.00 bits per heavy atom. The van der Waals surface area contributed by atoms with E-state index in [0.717, 1.165) is 0 Å². The van der Waals surface area contributed by atoms with E-state index < -0.39 is 0 Å². The fraction of sp³-hybridized carbons (Fsp3) is 0.167. The number of hydrogen-bond acceptors (Lipinski definition) is 4. The number of nitriles is 1. The summed E-state index contributed by atoms with van der Waals surface area (Å²) in [5, 5.41) is 12.0. The van der Waals surface area contributed by atoms with Gasteiger partial charge in [0, 0.05) is 5.75 Å². The van der Waals surface area contributed by atoms with Crippen molar-refractivity contribution in [1.29, 1.82) is 5.26 Å². The van der Waals surface area contributed by atoms with E-state index in [4.69, 9.17) is 5.26 Å². The van der Waals surface area contributed by atoms with Crippen LogP contribution in [0.5, 0.6) is 0 Å². The molecule has 4 nitrogen and oxygen atoms in total. The lowest BCUT2D eigenvalue weighted by Gasteiger charge is -2.07. The van der Waals surface area contributed by atoms with E-state index in [1.807, 2.05) is 31.2 Å². The third-order valence-corrected chi connectivity index (χ3v) is 4.59. The van der Waals surface area contributed by atoms with Crippen LogP contribution in [0.15, 0.2) is 52.4 Å². The molecule has 3 rings (SSSR count). The monoisotopic (exact) mass is 321 g/mol. The molecular formula is C18H15N3OS. The van der Waals surface area contributed by atoms with Crippen LogP contribution in [0.1, 0.15) is 23.7 Å². The minimum atomic E-state index is -0.361. The molecule has 2 aromatic carbocycles. The number of nitrogens with one attached hydrogen (secondary N) is 1. The molecule has 114 valence electrons. The maximum atomic E-state index is 11.9. The highest BCUT2D eigenvalue weighted by Gasteiger charge is 2.10. The lowest BCUT2D eigenvalue weighted by atomic mass is 10.1. The van der Waals surface area contributed by atoms with Crippen LogP contribution in [0.25, 0.3) is 10.8 Å². The predicted octanol–water partition coefficient (Wildman–Crippen LogP) is 3.65. The Morgan fingerprint density at radius 1 is 1.22 bits per heavy atom. The Hall–Kier alpha value is -2.58. The summed E-state index contributed by atoms with van der Waals surface area (Å²) in [6.45, 7) is 1.89. The molecule has 0 aliphatic rings. The van der Waals surface area contributed by atoms with Crippen LogP contribution in [0.3, 0.4) is 0 Å². The molecule has 1 N–H and O–H groups in total. The van der Waals surface area contributed by atoms with Gasteiger partial charge in [0.2, 0.25) is 0 Å². The minimum Gasteiger partial charge on any atom is -0.300 e. The Kier molecular flexibility index (Phi) is 4.45. The molecular weight excluding hydrogens is 306 g/mol. The highest BCUT2D eigenvalue weighted by Crippen LogP contribution is 2.25. The average Bonchev–Trinajstić information content (AvgIpc) is 2.59. The zero-order chi connectivity index (χ0) is 16.2. The van der Waals surface area contributed by atoms with Crippen LogP contribution in [0.2, 0.25) is 0 Å². The van der Waals surface area contributed by atoms with Gasteiger partial charge in [-0.15, -0.1) is 0 Å². The van der Waals surface area contributed by atoms with E-state index in [2.05, 4.69) is 34.2 Å². The van der Waals surface area contributed by atoms with E-state index in [0.29, 0.717) is 23.0 Å². The number of H-pyrrole nitrogens is 1. The maximum Gasteiger partial charge on any atom is 0.269 e. The third kappa shape index (κ3) is 3.13. The van der Waals surface area contributed by atoms with Crippen molar-refractivity contribution in [2.24, 2.45) is 0 Å². The van der Waals surface area contributed by atoms with E-state index in [9.17, 15) is 4.79 Å². The number of thioether (sulfide) groups is 1. The topological polar surface area (TPSA) is 69.5 Å². The molecule has 5 heteroatoms. The molecule has 0 unspecified atom stereocenters. The van der Waals surface area contributed by atoms with Crippen molar-refractivity contribution in [3.63, 3.8) is 0 Å². The Bertz CT molecular complexity index is 951. The molecule has 23 heavy (non-hydrogen) atoms. The van der Waals surface area contributed by atoms with Crippen molar-refractivity contribution < 1.29 is 0 Å². The zero-order valence-electron chi connectivity index (χ0n) is 12.7. The lowest BCUT2D eigenvalue weighted by molar-refractivity contribution is 0.859. The Balaban J connectivity index is 1.90. The molecule has 0 amide bonds. The third-order valence-electron chi connectivity index (χ3n) is 3.66. The second-order valence-corrected chi connectivity index (χ2v) is 6.05. The first-order valence-corrected chi connectivity index (χ1v) is 8.34. The summed E-state index contributed by atoms with van der Waals surface area (Å²) in [5.74, 6) is 0.708. The second kappa shape index (κ2) is 6.67. The van der Waals surface area contributed by atoms with Crippen molar-refractivity contribution >= 4 is 22.5 Å². The van der Waals surface area contributed by atoms with Gasteiger partial charge in [-0.05, 0) is 22.8 Å². The molecule has 0 atom stereocenters. The van der Waals surface area contributed by atoms with Crippen LogP contribution in [0, 0.1) is 11.3 Å². The van der Waals surface area contributed by atoms with Gasteiger partial charge in [-0.1, -0.05) is 61.2 Å². The summed E-state index contributed by atoms with van der Waals surface area (Å²) in [6.07, 6.45) is 0.564. The van der Waals surface area contributed by atoms with E-state index in [-0.39, 0.29) is 11.1 Å². The van der Waals surface area contributed by atoms with Gasteiger partial charge >= 0.3 is 0 Å². The standard InChI is InChI=1S/C18H15N3OS/c1-2-16-15(10-19)17(22)21-18(20-16)23-11-13-8-5-7-12-6-3-4-9-14(12)13/h3-9H,2,11H2,1H3,(H,20,21,22). The van der Waals surface area contributed by atoms with Crippen LogP contribution in [-0.4, -0.2) is 9.97 Å². The lowest BCUT2D eigenvalue weighted by Crippen LogP contribution is -2.16. The summed E-state index contributed by atoms with van der Waals surface area (Å²) in [6, 6.07) is 16.3. The normalized spacial score (nSPS) is 10.6. The van der Waals surface area contributed by atoms with Crippen molar-refractivity contribution in [3.8, 4) is 6.07 Å². The van der Waals surface area contributed by atoms with Gasteiger partial charge in [0.05, 0.1) is 5.69 Å². The van der Waals surface area contributed by atoms with Crippen molar-refractivity contribution in [1.82, 2.24) is 9.97 Å². The summed E-state index contributed by atoms with van der Waals surface area (Å²) in [4.78, 5) is 19.0. The summed E-state index contributed by atoms with van der Waals surface area (Å²) < 4.78 is 0. The molecule has 1 heterocycles. The molecule has 3 aromatic rings. The number of aryl methyl sites for hydroxylation is 1. The smallest absolute Gasteiger partial charge is 0.269 e. The van der Waals surface area contributed by atoms with Crippen LogP contribution in [-0.2, 0) is 12.2 Å². The van der Waals surface area contributed by atoms with E-state index in [1.165, 1.54) is 28.1 Å². The molecule has 0 aliphatic carbocycles. The molecule has 0 fully saturated rings. The fourth-order valence-corrected chi connectivity index (χ4v) is 3.38. The van der Waals surface area contributed by atoms with E-state index >= 15 is 0 Å². The van der Waals surface area contributed by atoms with Gasteiger partial charge in [0.15, 0.2) is 5.16 Å². The number of aromatic nitrogens is 2. The van der Waals surface area contributed by atoms with Gasteiger partial charge in [0.1, 0.15) is 11.6 Å². The Labute approximate surface area is 138 Å². The van der Waals surface area contributed by atoms with Gasteiger partial charge in [-0.25, -0.2) is 4.98 Å². The van der Waals surface area contributed by atoms with Gasteiger partial charge < -0.3 is 4.98 Å². The SMILES string of the molecule is CCc1nc(SCc2cccc3ccccc23)[nH]c(=O)c1C#N. The highest BCUT2D eigenvalue weighted by molar-refractivity contribution is 7.98. The predicted molar refractivity (Wildman–Crippen MR) is 92.5 cm³/mol. The van der Waals surface area contributed by atoms with Gasteiger partial charge in [-0.2, -0.15) is 5.26 Å². The molecule has 0 saturated carbocycles. The van der Waals surface area contributed by atoms with Gasteiger partial charge in [0.25, 0.3) is 5.56 Å². The van der Waals surface area contributed by atoms with E-state index in [1.54, 1.807) is 0 Å². The van der Waals surface area contributed by atoms with Crippen LogP contribution >= 0.6 is 11.8 Å². The quantitative estimate of drug-likeness (QED) is 0.588. The zero-order valence-corrected chi connectivity index (χ0v) is 13.5. The number of hydrogen-bond donors (Lipinski definition) is 1. The molecule has 0 spiro atoms.